The van der Waals surface area contributed by atoms with E-state index in [2.05, 4.69) is 26.1 Å². The normalized spacial score (nSPS) is 48.3. The van der Waals surface area contributed by atoms with Gasteiger partial charge in [-0.2, -0.15) is 0 Å². The first kappa shape index (κ1) is 7.60. The van der Waals surface area contributed by atoms with Crippen molar-refractivity contribution in [2.24, 2.45) is 17.3 Å². The van der Waals surface area contributed by atoms with Crippen molar-refractivity contribution in [3.63, 3.8) is 0 Å². The highest BCUT2D eigenvalue weighted by atomic mass is 14.9. The van der Waals surface area contributed by atoms with Gasteiger partial charge in [-0.15, -0.1) is 0 Å². The van der Waals surface area contributed by atoms with Crippen molar-refractivity contribution in [3.05, 3.63) is 0 Å². The average Bonchev–Trinajstić information content (AvgIpc) is 2.73. The molecule has 1 N–H and O–H groups in total. The van der Waals surface area contributed by atoms with E-state index in [4.69, 9.17) is 0 Å². The molecule has 0 aliphatic heterocycles. The summed E-state index contributed by atoms with van der Waals surface area (Å²) in [4.78, 5) is 0. The minimum Gasteiger partial charge on any atom is -0.315 e. The molecule has 0 aromatic heterocycles. The molecule has 1 nitrogen and oxygen atoms in total. The zero-order chi connectivity index (χ0) is 8.06. The lowest BCUT2D eigenvalue weighted by molar-refractivity contribution is 0.409. The predicted octanol–water partition coefficient (Wildman–Crippen LogP) is 2.03. The summed E-state index contributed by atoms with van der Waals surface area (Å²) in [5, 5.41) is 3.48. The molecule has 2 saturated carbocycles. The molecule has 0 saturated heterocycles. The molecule has 0 unspecified atom stereocenters. The Morgan fingerprint density at radius 3 is 2.64 bits per heavy atom. The van der Waals surface area contributed by atoms with E-state index in [0.717, 1.165) is 29.8 Å². The molecule has 64 valence electrons. The first-order valence-corrected chi connectivity index (χ1v) is 4.92. The summed E-state index contributed by atoms with van der Waals surface area (Å²) < 4.78 is 0. The van der Waals surface area contributed by atoms with E-state index < -0.39 is 0 Å². The van der Waals surface area contributed by atoms with Gasteiger partial charge in [0.2, 0.25) is 0 Å². The lowest BCUT2D eigenvalue weighted by Crippen LogP contribution is -2.27. The smallest absolute Gasteiger partial charge is 0.00415 e. The Labute approximate surface area is 69.6 Å². The number of fused-ring (bicyclic) bond motifs is 1. The van der Waals surface area contributed by atoms with Gasteiger partial charge in [0.25, 0.3) is 0 Å². The maximum absolute atomic E-state index is 3.48. The second-order valence-electron chi connectivity index (χ2n) is 4.62. The van der Waals surface area contributed by atoms with Crippen LogP contribution in [-0.2, 0) is 0 Å². The van der Waals surface area contributed by atoms with Crippen molar-refractivity contribution in [1.29, 1.82) is 0 Å². The topological polar surface area (TPSA) is 12.0 Å². The summed E-state index contributed by atoms with van der Waals surface area (Å²) in [5.41, 5.74) is 0.823. The van der Waals surface area contributed by atoms with E-state index in [0.29, 0.717) is 0 Å². The molecular weight excluding hydrogens is 134 g/mol. The second kappa shape index (κ2) is 2.22. The lowest BCUT2D eigenvalue weighted by Gasteiger charge is -2.15. The zero-order valence-corrected chi connectivity index (χ0v) is 7.85. The highest BCUT2D eigenvalue weighted by Crippen LogP contribution is 2.80. The fourth-order valence-electron chi connectivity index (χ4n) is 2.56. The van der Waals surface area contributed by atoms with Crippen LogP contribution in [0, 0.1) is 17.3 Å². The van der Waals surface area contributed by atoms with Crippen molar-refractivity contribution < 1.29 is 0 Å². The lowest BCUT2D eigenvalue weighted by atomic mass is 10.00. The molecule has 2 fully saturated rings. The Morgan fingerprint density at radius 2 is 2.27 bits per heavy atom. The first-order valence-electron chi connectivity index (χ1n) is 4.92. The van der Waals surface area contributed by atoms with Gasteiger partial charge < -0.3 is 5.32 Å². The molecule has 1 heteroatoms. The van der Waals surface area contributed by atoms with Crippen LogP contribution in [0.5, 0.6) is 0 Å². The highest BCUT2D eigenvalue weighted by Gasteiger charge is 2.74. The molecular formula is C10H19N. The maximum Gasteiger partial charge on any atom is 0.00415 e. The number of hydrogen-bond acceptors (Lipinski definition) is 1. The SMILES string of the molecule is CCN[C@H](C)C[C@H]1[C@H]2C[C@]21C. The second-order valence-corrected chi connectivity index (χ2v) is 4.62. The Balaban J connectivity index is 1.68. The van der Waals surface area contributed by atoms with Crippen molar-refractivity contribution in [2.75, 3.05) is 6.54 Å². The molecule has 2 aliphatic rings. The van der Waals surface area contributed by atoms with E-state index in [1.807, 2.05) is 0 Å². The molecule has 0 aromatic carbocycles. The van der Waals surface area contributed by atoms with E-state index in [-0.39, 0.29) is 0 Å². The maximum atomic E-state index is 3.48. The van der Waals surface area contributed by atoms with E-state index in [1.165, 1.54) is 12.8 Å². The van der Waals surface area contributed by atoms with Gasteiger partial charge in [-0.05, 0) is 43.6 Å². The third kappa shape index (κ3) is 1.10. The van der Waals surface area contributed by atoms with Gasteiger partial charge in [-0.3, -0.25) is 0 Å². The van der Waals surface area contributed by atoms with Crippen molar-refractivity contribution in [1.82, 2.24) is 5.32 Å². The van der Waals surface area contributed by atoms with E-state index in [1.54, 1.807) is 0 Å². The highest BCUT2D eigenvalue weighted by molar-refractivity contribution is 5.23. The molecule has 0 heterocycles. The molecule has 2 rings (SSSR count). The van der Waals surface area contributed by atoms with E-state index >= 15 is 0 Å². The molecule has 0 aromatic rings. The summed E-state index contributed by atoms with van der Waals surface area (Å²) in [7, 11) is 0. The molecule has 0 radical (unpaired) electrons. The largest absolute Gasteiger partial charge is 0.315 e. The minimum atomic E-state index is 0.745. The van der Waals surface area contributed by atoms with Crippen LogP contribution in [0.15, 0.2) is 0 Å². The molecule has 0 bridgehead atoms. The zero-order valence-electron chi connectivity index (χ0n) is 7.85. The summed E-state index contributed by atoms with van der Waals surface area (Å²) in [6, 6.07) is 0.745. The van der Waals surface area contributed by atoms with Crippen LogP contribution >= 0.6 is 0 Å². The van der Waals surface area contributed by atoms with Crippen LogP contribution in [0.1, 0.15) is 33.6 Å². The Morgan fingerprint density at radius 1 is 1.64 bits per heavy atom. The Kier molecular flexibility index (Phi) is 1.54. The minimum absolute atomic E-state index is 0.745. The first-order chi connectivity index (χ1) is 5.18. The molecule has 0 amide bonds. The van der Waals surface area contributed by atoms with Gasteiger partial charge in [0, 0.05) is 6.04 Å². The monoisotopic (exact) mass is 153 g/mol. The van der Waals surface area contributed by atoms with Gasteiger partial charge in [0.15, 0.2) is 0 Å². The van der Waals surface area contributed by atoms with Crippen LogP contribution in [0.4, 0.5) is 0 Å². The third-order valence-electron chi connectivity index (χ3n) is 3.73. The number of nitrogens with one attached hydrogen (secondary N) is 1. The van der Waals surface area contributed by atoms with Crippen LogP contribution in [-0.4, -0.2) is 12.6 Å². The van der Waals surface area contributed by atoms with Gasteiger partial charge in [-0.1, -0.05) is 13.8 Å². The molecule has 0 spiro atoms. The van der Waals surface area contributed by atoms with Crippen LogP contribution < -0.4 is 5.32 Å². The van der Waals surface area contributed by atoms with Crippen LogP contribution in [0.25, 0.3) is 0 Å². The predicted molar refractivity (Wildman–Crippen MR) is 47.5 cm³/mol. The van der Waals surface area contributed by atoms with Crippen LogP contribution in [0.2, 0.25) is 0 Å². The number of rotatable bonds is 4. The standard InChI is InChI=1S/C10H19N/c1-4-11-7(2)5-8-9-6-10(8,9)3/h7-9,11H,4-6H2,1-3H3/t7-,8+,9-,10+/m1/s1. The summed E-state index contributed by atoms with van der Waals surface area (Å²) >= 11 is 0. The summed E-state index contributed by atoms with van der Waals surface area (Å²) in [5.74, 6) is 2.21. The van der Waals surface area contributed by atoms with Crippen LogP contribution in [0.3, 0.4) is 0 Å². The fraction of sp³-hybridized carbons (Fsp3) is 1.00. The third-order valence-corrected chi connectivity index (χ3v) is 3.73. The molecule has 4 atom stereocenters. The van der Waals surface area contributed by atoms with Gasteiger partial charge in [-0.25, -0.2) is 0 Å². The van der Waals surface area contributed by atoms with Crippen molar-refractivity contribution >= 4 is 0 Å². The van der Waals surface area contributed by atoms with Crippen molar-refractivity contribution in [3.8, 4) is 0 Å². The quantitative estimate of drug-likeness (QED) is 0.651. The molecule has 11 heavy (non-hydrogen) atoms. The van der Waals surface area contributed by atoms with Crippen molar-refractivity contribution in [2.45, 2.75) is 39.7 Å². The van der Waals surface area contributed by atoms with Gasteiger partial charge in [0.1, 0.15) is 0 Å². The average molecular weight is 153 g/mol. The fourth-order valence-corrected chi connectivity index (χ4v) is 2.56. The van der Waals surface area contributed by atoms with Gasteiger partial charge in [0.05, 0.1) is 0 Å². The number of hydrogen-bond donors (Lipinski definition) is 1. The molecule has 2 aliphatic carbocycles. The summed E-state index contributed by atoms with van der Waals surface area (Å²) in [6.45, 7) is 8.06. The van der Waals surface area contributed by atoms with E-state index in [9.17, 15) is 0 Å². The Hall–Kier alpha value is -0.0400. The Bertz CT molecular complexity index is 166. The summed E-state index contributed by atoms with van der Waals surface area (Å²) in [6.07, 6.45) is 2.94. The van der Waals surface area contributed by atoms with Gasteiger partial charge >= 0.3 is 0 Å².